The Balaban J connectivity index is 1.12. The third-order valence-electron chi connectivity index (χ3n) is 7.80. The molecule has 1 N–H and O–H groups in total. The van der Waals surface area contributed by atoms with Gasteiger partial charge in [0.25, 0.3) is 5.91 Å². The lowest BCUT2D eigenvalue weighted by atomic mass is 9.84. The molecule has 1 fully saturated rings. The number of nitrogens with zero attached hydrogens (tertiary/aromatic N) is 2. The van der Waals surface area contributed by atoms with Gasteiger partial charge in [-0.05, 0) is 88.4 Å². The van der Waals surface area contributed by atoms with Gasteiger partial charge >= 0.3 is 0 Å². The lowest BCUT2D eigenvalue weighted by Crippen LogP contribution is -2.38. The highest BCUT2D eigenvalue weighted by Crippen LogP contribution is 2.39. The molecule has 1 aliphatic carbocycles. The van der Waals surface area contributed by atoms with Crippen molar-refractivity contribution in [3.63, 3.8) is 0 Å². The molecule has 0 spiro atoms. The van der Waals surface area contributed by atoms with Gasteiger partial charge in [0, 0.05) is 5.41 Å². The summed E-state index contributed by atoms with van der Waals surface area (Å²) in [5.41, 5.74) is 4.11. The van der Waals surface area contributed by atoms with Crippen molar-refractivity contribution in [2.45, 2.75) is 38.0 Å². The zero-order valence-corrected chi connectivity index (χ0v) is 26.8. The van der Waals surface area contributed by atoms with Crippen LogP contribution in [-0.2, 0) is 4.79 Å². The molecule has 1 amide bonds. The van der Waals surface area contributed by atoms with Gasteiger partial charge in [0.05, 0.1) is 22.0 Å². The molecule has 0 atom stereocenters. The fourth-order valence-corrected chi connectivity index (χ4v) is 7.29. The number of thioether (sulfide) groups is 1. The van der Waals surface area contributed by atoms with E-state index in [9.17, 15) is 4.79 Å². The van der Waals surface area contributed by atoms with Crippen LogP contribution < -0.4 is 14.2 Å². The topological polar surface area (TPSA) is 84.2 Å². The minimum atomic E-state index is -0.440. The molecular formula is C34H32IN3O4S. The van der Waals surface area contributed by atoms with Crippen LogP contribution in [-0.4, -0.2) is 42.1 Å². The predicted molar refractivity (Wildman–Crippen MR) is 181 cm³/mol. The van der Waals surface area contributed by atoms with Crippen molar-refractivity contribution >= 4 is 63.0 Å². The first-order valence-electron chi connectivity index (χ1n) is 14.4. The Labute approximate surface area is 269 Å². The molecule has 6 rings (SSSR count). The molecule has 43 heavy (non-hydrogen) atoms. The number of hydrogen-bond acceptors (Lipinski definition) is 6. The van der Waals surface area contributed by atoms with E-state index in [4.69, 9.17) is 19.6 Å². The van der Waals surface area contributed by atoms with Gasteiger partial charge in [-0.1, -0.05) is 73.5 Å². The van der Waals surface area contributed by atoms with Gasteiger partial charge in [0.2, 0.25) is 0 Å². The molecule has 3 aliphatic rings. The Morgan fingerprint density at radius 2 is 1.77 bits per heavy atom. The summed E-state index contributed by atoms with van der Waals surface area (Å²) in [4.78, 5) is 18.9. The maximum Gasteiger partial charge on any atom is 0.283 e. The molecule has 9 heteroatoms. The molecule has 1 saturated carbocycles. The van der Waals surface area contributed by atoms with Crippen molar-refractivity contribution in [3.8, 4) is 17.2 Å². The van der Waals surface area contributed by atoms with E-state index in [0.29, 0.717) is 41.4 Å². The molecule has 7 nitrogen and oxygen atoms in total. The summed E-state index contributed by atoms with van der Waals surface area (Å²) < 4.78 is 18.5. The van der Waals surface area contributed by atoms with Gasteiger partial charge in [-0.15, -0.1) is 0 Å². The summed E-state index contributed by atoms with van der Waals surface area (Å²) in [7, 11) is 1.59. The minimum absolute atomic E-state index is 0.0910. The Morgan fingerprint density at radius 1 is 1.02 bits per heavy atom. The third kappa shape index (κ3) is 6.52. The summed E-state index contributed by atoms with van der Waals surface area (Å²) in [6, 6.07) is 22.0. The van der Waals surface area contributed by atoms with Crippen molar-refractivity contribution in [1.29, 1.82) is 5.41 Å². The van der Waals surface area contributed by atoms with Crippen LogP contribution >= 0.6 is 34.4 Å². The van der Waals surface area contributed by atoms with Gasteiger partial charge in [0.15, 0.2) is 16.7 Å². The first-order valence-corrected chi connectivity index (χ1v) is 16.4. The number of methoxy groups -OCH3 is 1. The largest absolute Gasteiger partial charge is 0.493 e. The van der Waals surface area contributed by atoms with Crippen molar-refractivity contribution in [2.75, 3.05) is 20.3 Å². The Morgan fingerprint density at radius 3 is 2.51 bits per heavy atom. The predicted octanol–water partition coefficient (Wildman–Crippen LogP) is 8.11. The van der Waals surface area contributed by atoms with E-state index in [1.54, 1.807) is 18.1 Å². The standard InChI is InChI=1S/C34H32IN3O4S/c1-40-30-20-22(18-27-32(36)38-29(25-10-6-3-7-11-25)21-43-34(38)37-33(27)39)19-28(35)31(30)42-17-16-41-26-14-12-24(13-15-26)23-8-4-2-5-9-23/h3,6-7,10-15,18-21,23,36H,2,4-5,8-9,16-17H2,1H3/b27-18+,36-32?. The second-order valence-corrected chi connectivity index (χ2v) is 12.6. The van der Waals surface area contributed by atoms with E-state index in [1.807, 2.05) is 60.0 Å². The van der Waals surface area contributed by atoms with Crippen LogP contribution in [0, 0.1) is 8.98 Å². The number of carbonyl (C=O) groups is 1. The van der Waals surface area contributed by atoms with Crippen LogP contribution in [0.2, 0.25) is 0 Å². The number of amides is 1. The summed E-state index contributed by atoms with van der Waals surface area (Å²) in [5, 5.41) is 11.3. The molecular weight excluding hydrogens is 673 g/mol. The van der Waals surface area contributed by atoms with Gasteiger partial charge in [-0.3, -0.25) is 15.1 Å². The average molecular weight is 706 g/mol. The fourth-order valence-electron chi connectivity index (χ4n) is 5.62. The van der Waals surface area contributed by atoms with Gasteiger partial charge in [0.1, 0.15) is 24.8 Å². The van der Waals surface area contributed by atoms with Gasteiger partial charge in [-0.25, -0.2) is 0 Å². The molecule has 3 aromatic rings. The molecule has 0 bridgehead atoms. The lowest BCUT2D eigenvalue weighted by Gasteiger charge is -2.27. The smallest absolute Gasteiger partial charge is 0.283 e. The molecule has 220 valence electrons. The van der Waals surface area contributed by atoms with Crippen LogP contribution in [0.25, 0.3) is 11.8 Å². The summed E-state index contributed by atoms with van der Waals surface area (Å²) >= 11 is 3.55. The number of fused-ring (bicyclic) bond motifs is 1. The van der Waals surface area contributed by atoms with Crippen LogP contribution in [0.3, 0.4) is 0 Å². The van der Waals surface area contributed by atoms with Gasteiger partial charge in [-0.2, -0.15) is 4.99 Å². The second-order valence-electron chi connectivity index (χ2n) is 10.6. The number of halogens is 1. The minimum Gasteiger partial charge on any atom is -0.493 e. The highest BCUT2D eigenvalue weighted by atomic mass is 127. The molecule has 0 saturated heterocycles. The maximum atomic E-state index is 13.0. The Kier molecular flexibility index (Phi) is 9.18. The van der Waals surface area contributed by atoms with E-state index in [-0.39, 0.29) is 11.4 Å². The zero-order valence-electron chi connectivity index (χ0n) is 23.8. The number of ether oxygens (including phenoxy) is 3. The number of benzene rings is 3. The van der Waals surface area contributed by atoms with Crippen molar-refractivity contribution in [2.24, 2.45) is 4.99 Å². The quantitative estimate of drug-likeness (QED) is 0.138. The van der Waals surface area contributed by atoms with Crippen LogP contribution in [0.1, 0.15) is 54.7 Å². The first kappa shape index (κ1) is 29.5. The SMILES string of the molecule is COc1cc(/C=C2\C(=N)N3C(c4ccccc4)=CSC3=NC2=O)cc(I)c1OCCOc1ccc(C2CCCCC2)cc1. The lowest BCUT2D eigenvalue weighted by molar-refractivity contribution is -0.114. The fraction of sp³-hybridized carbons (Fsp3) is 0.265. The summed E-state index contributed by atoms with van der Waals surface area (Å²) in [6.07, 6.45) is 8.25. The van der Waals surface area contributed by atoms with E-state index in [1.165, 1.54) is 49.4 Å². The van der Waals surface area contributed by atoms with Crippen LogP contribution in [0.15, 0.2) is 82.7 Å². The molecule has 0 aromatic heterocycles. The average Bonchev–Trinajstić information content (AvgIpc) is 3.47. The molecule has 0 radical (unpaired) electrons. The second kappa shape index (κ2) is 13.4. The van der Waals surface area contributed by atoms with Crippen LogP contribution in [0.5, 0.6) is 17.2 Å². The molecule has 0 unspecified atom stereocenters. The maximum absolute atomic E-state index is 13.0. The van der Waals surface area contributed by atoms with E-state index in [2.05, 4.69) is 39.7 Å². The van der Waals surface area contributed by atoms with E-state index in [0.717, 1.165) is 20.6 Å². The number of nitrogens with one attached hydrogen (secondary N) is 1. The number of carbonyl (C=O) groups excluding carboxylic acids is 1. The van der Waals surface area contributed by atoms with E-state index >= 15 is 0 Å². The molecule has 2 heterocycles. The highest BCUT2D eigenvalue weighted by Gasteiger charge is 2.36. The summed E-state index contributed by atoms with van der Waals surface area (Å²) in [6.45, 7) is 0.740. The third-order valence-corrected chi connectivity index (χ3v) is 9.43. The summed E-state index contributed by atoms with van der Waals surface area (Å²) in [5.74, 6) is 2.30. The van der Waals surface area contributed by atoms with Crippen molar-refractivity contribution in [1.82, 2.24) is 4.90 Å². The van der Waals surface area contributed by atoms with Gasteiger partial charge < -0.3 is 14.2 Å². The van der Waals surface area contributed by atoms with Crippen LogP contribution in [0.4, 0.5) is 0 Å². The number of hydrogen-bond donors (Lipinski definition) is 1. The van der Waals surface area contributed by atoms with Crippen molar-refractivity contribution in [3.05, 3.63) is 98.0 Å². The van der Waals surface area contributed by atoms with Crippen molar-refractivity contribution < 1.29 is 19.0 Å². The number of amidine groups is 2. The zero-order chi connectivity index (χ0) is 29.8. The molecule has 2 aliphatic heterocycles. The normalized spacial score (nSPS) is 17.9. The number of aliphatic imine (C=N–C) groups is 1. The highest BCUT2D eigenvalue weighted by molar-refractivity contribution is 14.1. The monoisotopic (exact) mass is 705 g/mol. The van der Waals surface area contributed by atoms with E-state index < -0.39 is 5.91 Å². The molecule has 3 aromatic carbocycles. The Hall–Kier alpha value is -3.57. The Bertz CT molecular complexity index is 1610. The number of rotatable bonds is 9. The first-order chi connectivity index (χ1) is 21.0.